The predicted octanol–water partition coefficient (Wildman–Crippen LogP) is 2.59. The summed E-state index contributed by atoms with van der Waals surface area (Å²) in [5.41, 5.74) is 0.974. The van der Waals surface area contributed by atoms with Gasteiger partial charge in [0.1, 0.15) is 16.6 Å². The van der Waals surface area contributed by atoms with E-state index in [1.54, 1.807) is 14.0 Å². The highest BCUT2D eigenvalue weighted by molar-refractivity contribution is 7.10. The van der Waals surface area contributed by atoms with Crippen molar-refractivity contribution >= 4 is 28.1 Å². The molecule has 0 saturated heterocycles. The first-order valence-electron chi connectivity index (χ1n) is 5.47. The topological polar surface area (TPSA) is 74.2 Å². The van der Waals surface area contributed by atoms with E-state index in [4.69, 9.17) is 5.11 Å². The summed E-state index contributed by atoms with van der Waals surface area (Å²) in [6.07, 6.45) is 0. The molecule has 1 aromatic carbocycles. The molecule has 0 radical (unpaired) electrons. The molecule has 0 fully saturated rings. The molecule has 0 unspecified atom stereocenters. The zero-order valence-electron chi connectivity index (χ0n) is 10.3. The molecular formula is C12H12FN3O2S. The van der Waals surface area contributed by atoms with Gasteiger partial charge in [-0.15, -0.1) is 0 Å². The highest BCUT2D eigenvalue weighted by Gasteiger charge is 2.18. The van der Waals surface area contributed by atoms with Crippen molar-refractivity contribution in [1.82, 2.24) is 4.37 Å². The maximum absolute atomic E-state index is 13.5. The van der Waals surface area contributed by atoms with Crippen molar-refractivity contribution < 1.29 is 14.3 Å². The highest BCUT2D eigenvalue weighted by atomic mass is 32.1. The molecule has 2 rings (SSSR count). The van der Waals surface area contributed by atoms with Gasteiger partial charge in [0.25, 0.3) is 5.91 Å². The van der Waals surface area contributed by atoms with Crippen molar-refractivity contribution in [2.75, 3.05) is 17.7 Å². The summed E-state index contributed by atoms with van der Waals surface area (Å²) in [7, 11) is 1.69. The first-order valence-corrected chi connectivity index (χ1v) is 6.24. The standard InChI is InChI=1S/C12H12FN3O2S/c1-6-10(12(14-2)19-16-6)11(18)15-9-4-3-7(17)5-8(9)13/h3-5,14,17H,1-2H3,(H,15,18). The molecule has 0 aliphatic carbocycles. The maximum Gasteiger partial charge on any atom is 0.260 e. The number of halogens is 1. The minimum atomic E-state index is -0.694. The monoisotopic (exact) mass is 281 g/mol. The van der Waals surface area contributed by atoms with Gasteiger partial charge in [0.05, 0.1) is 16.9 Å². The molecule has 0 spiro atoms. The van der Waals surface area contributed by atoms with Crippen LogP contribution in [0.25, 0.3) is 0 Å². The molecule has 1 heterocycles. The lowest BCUT2D eigenvalue weighted by molar-refractivity contribution is 0.102. The van der Waals surface area contributed by atoms with E-state index in [0.29, 0.717) is 16.3 Å². The van der Waals surface area contributed by atoms with Gasteiger partial charge in [-0.2, -0.15) is 4.37 Å². The van der Waals surface area contributed by atoms with Gasteiger partial charge in [0.2, 0.25) is 0 Å². The van der Waals surface area contributed by atoms with Crippen LogP contribution in [0.1, 0.15) is 16.1 Å². The van der Waals surface area contributed by atoms with Crippen molar-refractivity contribution in [2.45, 2.75) is 6.92 Å². The van der Waals surface area contributed by atoms with Crippen LogP contribution in [-0.2, 0) is 0 Å². The fourth-order valence-corrected chi connectivity index (χ4v) is 2.34. The Morgan fingerprint density at radius 3 is 2.84 bits per heavy atom. The number of aromatic nitrogens is 1. The van der Waals surface area contributed by atoms with Crippen LogP contribution >= 0.6 is 11.5 Å². The third-order valence-electron chi connectivity index (χ3n) is 2.52. The molecular weight excluding hydrogens is 269 g/mol. The number of nitrogens with zero attached hydrogens (tertiary/aromatic N) is 1. The normalized spacial score (nSPS) is 10.3. The van der Waals surface area contributed by atoms with E-state index in [-0.39, 0.29) is 11.4 Å². The van der Waals surface area contributed by atoms with E-state index in [2.05, 4.69) is 15.0 Å². The van der Waals surface area contributed by atoms with Gasteiger partial charge in [0.15, 0.2) is 0 Å². The summed E-state index contributed by atoms with van der Waals surface area (Å²) < 4.78 is 17.6. The number of phenols is 1. The Hall–Kier alpha value is -2.15. The third kappa shape index (κ3) is 2.65. The second-order valence-electron chi connectivity index (χ2n) is 3.84. The summed E-state index contributed by atoms with van der Waals surface area (Å²) in [6.45, 7) is 1.71. The van der Waals surface area contributed by atoms with Gasteiger partial charge in [-0.3, -0.25) is 4.79 Å². The average Bonchev–Trinajstić information content (AvgIpc) is 2.74. The zero-order chi connectivity index (χ0) is 14.0. The van der Waals surface area contributed by atoms with Crippen molar-refractivity contribution in [1.29, 1.82) is 0 Å². The van der Waals surface area contributed by atoms with Crippen LogP contribution in [0.3, 0.4) is 0 Å². The Kier molecular flexibility index (Phi) is 3.66. The molecule has 0 aliphatic heterocycles. The zero-order valence-corrected chi connectivity index (χ0v) is 11.1. The summed E-state index contributed by atoms with van der Waals surface area (Å²) in [5.74, 6) is -1.33. The summed E-state index contributed by atoms with van der Waals surface area (Å²) in [4.78, 5) is 12.1. The van der Waals surface area contributed by atoms with Gasteiger partial charge in [0, 0.05) is 13.1 Å². The number of amides is 1. The lowest BCUT2D eigenvalue weighted by atomic mass is 10.2. The molecule has 0 bridgehead atoms. The number of rotatable bonds is 3. The first-order chi connectivity index (χ1) is 9.02. The van der Waals surface area contributed by atoms with Crippen LogP contribution in [0.15, 0.2) is 18.2 Å². The molecule has 0 saturated carbocycles. The van der Waals surface area contributed by atoms with Gasteiger partial charge >= 0.3 is 0 Å². The molecule has 100 valence electrons. The molecule has 3 N–H and O–H groups in total. The van der Waals surface area contributed by atoms with Gasteiger partial charge in [-0.05, 0) is 30.6 Å². The van der Waals surface area contributed by atoms with Gasteiger partial charge < -0.3 is 15.7 Å². The predicted molar refractivity (Wildman–Crippen MR) is 72.4 cm³/mol. The second-order valence-corrected chi connectivity index (χ2v) is 4.61. The van der Waals surface area contributed by atoms with Crippen molar-refractivity contribution in [3.63, 3.8) is 0 Å². The summed E-state index contributed by atoms with van der Waals surface area (Å²) >= 11 is 1.17. The lowest BCUT2D eigenvalue weighted by Crippen LogP contribution is -2.14. The number of carbonyl (C=O) groups is 1. The number of aryl methyl sites for hydroxylation is 1. The number of phenolic OH excluding ortho intramolecular Hbond substituents is 1. The Morgan fingerprint density at radius 1 is 1.47 bits per heavy atom. The van der Waals surface area contributed by atoms with Crippen molar-refractivity contribution in [3.8, 4) is 5.75 Å². The second kappa shape index (κ2) is 5.23. The van der Waals surface area contributed by atoms with E-state index < -0.39 is 11.7 Å². The largest absolute Gasteiger partial charge is 0.508 e. The molecule has 5 nitrogen and oxygen atoms in total. The van der Waals surface area contributed by atoms with E-state index in [9.17, 15) is 9.18 Å². The van der Waals surface area contributed by atoms with E-state index in [0.717, 1.165) is 6.07 Å². The Balaban J connectivity index is 2.28. The summed E-state index contributed by atoms with van der Waals surface area (Å²) in [6, 6.07) is 3.54. The molecule has 19 heavy (non-hydrogen) atoms. The Labute approximate surface area is 113 Å². The van der Waals surface area contributed by atoms with Crippen LogP contribution in [0, 0.1) is 12.7 Å². The van der Waals surface area contributed by atoms with E-state index in [1.807, 2.05) is 0 Å². The number of carbonyl (C=O) groups excluding carboxylic acids is 1. The number of benzene rings is 1. The minimum absolute atomic E-state index is 0.00968. The van der Waals surface area contributed by atoms with Crippen LogP contribution in [0.5, 0.6) is 5.75 Å². The first kappa shape index (κ1) is 13.3. The van der Waals surface area contributed by atoms with Crippen LogP contribution in [-0.4, -0.2) is 22.4 Å². The third-order valence-corrected chi connectivity index (χ3v) is 3.47. The fraction of sp³-hybridized carbons (Fsp3) is 0.167. The van der Waals surface area contributed by atoms with Crippen molar-refractivity contribution in [3.05, 3.63) is 35.3 Å². The van der Waals surface area contributed by atoms with E-state index in [1.165, 1.54) is 23.7 Å². The molecule has 7 heteroatoms. The number of hydrogen-bond acceptors (Lipinski definition) is 5. The molecule has 2 aromatic rings. The Bertz CT molecular complexity index is 627. The smallest absolute Gasteiger partial charge is 0.260 e. The Morgan fingerprint density at radius 2 is 2.21 bits per heavy atom. The van der Waals surface area contributed by atoms with Gasteiger partial charge in [-0.1, -0.05) is 0 Å². The van der Waals surface area contributed by atoms with Crippen LogP contribution < -0.4 is 10.6 Å². The number of nitrogens with one attached hydrogen (secondary N) is 2. The molecule has 0 atom stereocenters. The molecule has 1 aromatic heterocycles. The van der Waals surface area contributed by atoms with Gasteiger partial charge in [-0.25, -0.2) is 4.39 Å². The average molecular weight is 281 g/mol. The minimum Gasteiger partial charge on any atom is -0.508 e. The quantitative estimate of drug-likeness (QED) is 0.756. The number of hydrogen-bond donors (Lipinski definition) is 3. The lowest BCUT2D eigenvalue weighted by Gasteiger charge is -2.07. The maximum atomic E-state index is 13.5. The van der Waals surface area contributed by atoms with Crippen LogP contribution in [0.4, 0.5) is 15.1 Å². The number of anilines is 2. The van der Waals surface area contributed by atoms with Crippen LogP contribution in [0.2, 0.25) is 0 Å². The summed E-state index contributed by atoms with van der Waals surface area (Å²) in [5, 5.41) is 15.1. The van der Waals surface area contributed by atoms with Crippen molar-refractivity contribution in [2.24, 2.45) is 0 Å². The fourth-order valence-electron chi connectivity index (χ4n) is 1.60. The van der Waals surface area contributed by atoms with E-state index >= 15 is 0 Å². The molecule has 0 aliphatic rings. The highest BCUT2D eigenvalue weighted by Crippen LogP contribution is 2.26. The molecule has 1 amide bonds. The SMILES string of the molecule is CNc1snc(C)c1C(=O)Nc1ccc(O)cc1F. The number of aromatic hydroxyl groups is 1.